The minimum absolute atomic E-state index is 1.14. The third-order valence-electron chi connectivity index (χ3n) is 25.3. The molecule has 0 saturated carbocycles. The van der Waals surface area contributed by atoms with Crippen LogP contribution in [0.5, 0.6) is 0 Å². The van der Waals surface area contributed by atoms with Crippen molar-refractivity contribution in [2.45, 2.75) is 20.8 Å². The number of aryl methyl sites for hydroxylation is 3. The molecule has 2 aromatic heterocycles. The van der Waals surface area contributed by atoms with Crippen molar-refractivity contribution in [2.75, 3.05) is 0 Å². The van der Waals surface area contributed by atoms with Crippen LogP contribution in [-0.4, -0.2) is 9.13 Å². The van der Waals surface area contributed by atoms with Crippen molar-refractivity contribution in [2.24, 2.45) is 0 Å². The first-order chi connectivity index (χ1) is 60.8. The topological polar surface area (TPSA) is 9.86 Å². The van der Waals surface area contributed by atoms with Gasteiger partial charge in [-0.2, -0.15) is 0 Å². The first-order valence-electron chi connectivity index (χ1n) is 42.7. The summed E-state index contributed by atoms with van der Waals surface area (Å²) in [6, 6.07) is 167. The number of hydrogen-bond donors (Lipinski definition) is 0. The van der Waals surface area contributed by atoms with Gasteiger partial charge in [0.25, 0.3) is 0 Å². The maximum absolute atomic E-state index is 2.51. The Bertz CT molecular complexity index is 7830. The summed E-state index contributed by atoms with van der Waals surface area (Å²) >= 11 is 0. The fourth-order valence-corrected chi connectivity index (χ4v) is 19.7. The molecule has 0 amide bonds. The molecule has 2 nitrogen and oxygen atoms in total. The minimum Gasteiger partial charge on any atom is -0.309 e. The van der Waals surface area contributed by atoms with E-state index in [2.05, 4.69) is 485 Å². The van der Waals surface area contributed by atoms with Gasteiger partial charge in [-0.1, -0.05) is 394 Å². The Labute approximate surface area is 717 Å². The van der Waals surface area contributed by atoms with Gasteiger partial charge in [-0.05, 0) is 264 Å². The molecule has 0 aliphatic heterocycles. The molecular formula is C121H84N2. The highest BCUT2D eigenvalue weighted by atomic mass is 15.0. The maximum atomic E-state index is 2.51. The quantitative estimate of drug-likeness (QED) is 0.102. The van der Waals surface area contributed by atoms with Crippen LogP contribution in [-0.2, 0) is 0 Å². The Hall–Kier alpha value is -15.7. The summed E-state index contributed by atoms with van der Waals surface area (Å²) in [5.41, 5.74) is 38.0. The van der Waals surface area contributed by atoms with Crippen LogP contribution in [0.3, 0.4) is 0 Å². The van der Waals surface area contributed by atoms with Gasteiger partial charge in [-0.25, -0.2) is 0 Å². The normalized spacial score (nSPS) is 11.5. The second-order valence-corrected chi connectivity index (χ2v) is 32.6. The Kier molecular flexibility index (Phi) is 18.7. The van der Waals surface area contributed by atoms with E-state index in [0.717, 1.165) is 5.69 Å². The molecule has 578 valence electrons. The van der Waals surface area contributed by atoms with E-state index in [4.69, 9.17) is 0 Å². The van der Waals surface area contributed by atoms with E-state index in [9.17, 15) is 0 Å². The third kappa shape index (κ3) is 13.0. The molecule has 0 atom stereocenters. The highest BCUT2D eigenvalue weighted by Gasteiger charge is 2.25. The highest BCUT2D eigenvalue weighted by Crippen LogP contribution is 2.51. The van der Waals surface area contributed by atoms with E-state index in [0.29, 0.717) is 0 Å². The second-order valence-electron chi connectivity index (χ2n) is 32.6. The van der Waals surface area contributed by atoms with E-state index in [1.54, 1.807) is 0 Å². The SMILES string of the molecule is Cc1cc(-n2c3ccc(-c4ccccc4-c4ccccc4)cc3c3cc(-c4ccccc4-c4ccccc4)ccc32)c(C)cc1-c1c2ccccc2c(-c2ccccc2)c2ccccc12.Cc1ccc2c(-c3ccc(-n4c5ccccc5c5cc(-c6ccccc6-c6ccccc6)ccc54)cc3)c3ccccc3c(-c3ccccc3-c3ccccc3)c2c1. The van der Waals surface area contributed by atoms with Crippen LogP contribution in [0, 0.1) is 20.8 Å². The lowest BCUT2D eigenvalue weighted by Crippen LogP contribution is -2.00. The largest absolute Gasteiger partial charge is 0.309 e. The highest BCUT2D eigenvalue weighted by molar-refractivity contribution is 6.24. The zero-order valence-corrected chi connectivity index (χ0v) is 68.7. The molecule has 0 saturated heterocycles. The summed E-state index contributed by atoms with van der Waals surface area (Å²) in [6.07, 6.45) is 0. The second kappa shape index (κ2) is 31.2. The molecule has 0 spiro atoms. The van der Waals surface area contributed by atoms with E-state index in [-0.39, 0.29) is 0 Å². The van der Waals surface area contributed by atoms with Gasteiger partial charge >= 0.3 is 0 Å². The average molecular weight is 1570 g/mol. The zero-order chi connectivity index (χ0) is 82.0. The average Bonchev–Trinajstić information content (AvgIpc) is 1.63. The summed E-state index contributed by atoms with van der Waals surface area (Å²) in [5, 5.41) is 15.1. The van der Waals surface area contributed by atoms with Crippen molar-refractivity contribution in [3.05, 3.63) is 472 Å². The minimum atomic E-state index is 1.14. The number of nitrogens with zero attached hydrogens (tertiary/aromatic N) is 2. The van der Waals surface area contributed by atoms with E-state index in [1.807, 2.05) is 0 Å². The van der Waals surface area contributed by atoms with Crippen molar-refractivity contribution in [3.63, 3.8) is 0 Å². The van der Waals surface area contributed by atoms with E-state index in [1.165, 1.54) is 231 Å². The van der Waals surface area contributed by atoms with Crippen LogP contribution in [0.4, 0.5) is 0 Å². The van der Waals surface area contributed by atoms with Crippen LogP contribution < -0.4 is 0 Å². The van der Waals surface area contributed by atoms with Crippen molar-refractivity contribution in [3.8, 4) is 134 Å². The lowest BCUT2D eigenvalue weighted by molar-refractivity contribution is 1.14. The molecule has 0 fully saturated rings. The molecular weight excluding hydrogens is 1480 g/mol. The van der Waals surface area contributed by atoms with Crippen molar-refractivity contribution in [1.82, 2.24) is 9.13 Å². The molecule has 23 aromatic rings. The van der Waals surface area contributed by atoms with Gasteiger partial charge in [0.15, 0.2) is 0 Å². The van der Waals surface area contributed by atoms with Gasteiger partial charge in [-0.3, -0.25) is 0 Å². The fraction of sp³-hybridized carbons (Fsp3) is 0.0248. The van der Waals surface area contributed by atoms with Gasteiger partial charge in [0.1, 0.15) is 0 Å². The molecule has 0 radical (unpaired) electrons. The number of benzene rings is 21. The van der Waals surface area contributed by atoms with Crippen LogP contribution in [0.15, 0.2) is 455 Å². The molecule has 0 aliphatic rings. The molecule has 2 heterocycles. The monoisotopic (exact) mass is 1560 g/mol. The predicted octanol–water partition coefficient (Wildman–Crippen LogP) is 33.4. The molecule has 0 aliphatic carbocycles. The molecule has 123 heavy (non-hydrogen) atoms. The van der Waals surface area contributed by atoms with Crippen molar-refractivity contribution >= 4 is 86.7 Å². The smallest absolute Gasteiger partial charge is 0.0541 e. The standard InChI is InChI=1S/C64H45N.C57H39N/c1-42-39-62(43(2)38-57(42)64-55-32-18-16-30-53(55)63(46-24-10-5-11-25-46)54-31-17-19-33-56(54)64)65-60-36-34-47(51-28-14-12-26-49(51)44-20-6-3-7-21-44)40-58(60)59-41-48(35-37-61(59)65)52-29-15-13-27-50(52)45-22-8-4-9-23-45;1-38-28-34-51-53(36-38)57(48-24-11-10-21-45(48)40-18-6-3-7-19-40)50-26-13-12-25-49(50)56(51)41-29-32-43(33-30-41)58-54-27-15-14-23-47(54)52-37-42(31-35-55(52)58)46-22-9-8-20-44(46)39-16-4-2-5-17-39/h3-41H,1-2H3;2-37H,1H3. The molecule has 0 unspecified atom stereocenters. The summed E-state index contributed by atoms with van der Waals surface area (Å²) < 4.78 is 4.93. The molecule has 2 heteroatoms. The lowest BCUT2D eigenvalue weighted by Gasteiger charge is -2.21. The Morgan fingerprint density at radius 1 is 0.146 bits per heavy atom. The fourth-order valence-electron chi connectivity index (χ4n) is 19.7. The van der Waals surface area contributed by atoms with Crippen LogP contribution in [0.25, 0.3) is 220 Å². The third-order valence-corrected chi connectivity index (χ3v) is 25.3. The maximum Gasteiger partial charge on any atom is 0.0541 e. The summed E-state index contributed by atoms with van der Waals surface area (Å²) in [6.45, 7) is 6.78. The van der Waals surface area contributed by atoms with Gasteiger partial charge in [0.05, 0.1) is 22.1 Å². The van der Waals surface area contributed by atoms with Crippen molar-refractivity contribution in [1.29, 1.82) is 0 Å². The van der Waals surface area contributed by atoms with Crippen molar-refractivity contribution < 1.29 is 0 Å². The number of hydrogen-bond acceptors (Lipinski definition) is 0. The summed E-state index contributed by atoms with van der Waals surface area (Å²) in [7, 11) is 0. The number of para-hydroxylation sites is 1. The molecule has 21 aromatic carbocycles. The van der Waals surface area contributed by atoms with E-state index < -0.39 is 0 Å². The van der Waals surface area contributed by atoms with Crippen LogP contribution in [0.1, 0.15) is 16.7 Å². The number of aromatic nitrogens is 2. The first kappa shape index (κ1) is 73.6. The Morgan fingerprint density at radius 3 is 0.846 bits per heavy atom. The predicted molar refractivity (Wildman–Crippen MR) is 526 cm³/mol. The van der Waals surface area contributed by atoms with Gasteiger partial charge < -0.3 is 9.13 Å². The Morgan fingerprint density at radius 2 is 0.431 bits per heavy atom. The molecule has 0 N–H and O–H groups in total. The molecule has 0 bridgehead atoms. The Balaban J connectivity index is 0.000000148. The van der Waals surface area contributed by atoms with Crippen LogP contribution >= 0.6 is 0 Å². The number of rotatable bonds is 13. The lowest BCUT2D eigenvalue weighted by atomic mass is 9.83. The summed E-state index contributed by atoms with van der Waals surface area (Å²) in [4.78, 5) is 0. The van der Waals surface area contributed by atoms with Crippen LogP contribution in [0.2, 0.25) is 0 Å². The van der Waals surface area contributed by atoms with Gasteiger partial charge in [-0.15, -0.1) is 0 Å². The zero-order valence-electron chi connectivity index (χ0n) is 68.7. The summed E-state index contributed by atoms with van der Waals surface area (Å²) in [5.74, 6) is 0. The van der Waals surface area contributed by atoms with E-state index >= 15 is 0 Å². The van der Waals surface area contributed by atoms with Gasteiger partial charge in [0.2, 0.25) is 0 Å². The van der Waals surface area contributed by atoms with Gasteiger partial charge in [0, 0.05) is 32.9 Å². The first-order valence-corrected chi connectivity index (χ1v) is 42.7. The number of fused-ring (bicyclic) bond motifs is 10. The molecule has 23 rings (SSSR count).